The smallest absolute Gasteiger partial charge is 0.348 e. The summed E-state index contributed by atoms with van der Waals surface area (Å²) < 4.78 is 40.2. The van der Waals surface area contributed by atoms with Gasteiger partial charge in [-0.15, -0.1) is 11.3 Å². The zero-order valence-corrected chi connectivity index (χ0v) is 22.1. The number of carbonyl (C=O) groups is 2. The largest absolute Gasteiger partial charge is 0.495 e. The van der Waals surface area contributed by atoms with Gasteiger partial charge in [0.1, 0.15) is 21.6 Å². The molecule has 0 bridgehead atoms. The monoisotopic (exact) mass is 538 g/mol. The zero-order valence-electron chi connectivity index (χ0n) is 20.5. The molecule has 0 saturated carbocycles. The number of benzene rings is 3. The molecule has 4 rings (SSSR count). The Hall–Kier alpha value is -3.73. The van der Waals surface area contributed by atoms with Crippen molar-refractivity contribution >= 4 is 49.0 Å². The Kier molecular flexibility index (Phi) is 7.91. The Morgan fingerprint density at radius 3 is 2.43 bits per heavy atom. The summed E-state index contributed by atoms with van der Waals surface area (Å²) in [5.41, 5.74) is 2.00. The zero-order chi connectivity index (χ0) is 26.6. The summed E-state index contributed by atoms with van der Waals surface area (Å²) in [5, 5.41) is 3.57. The minimum atomic E-state index is -4.11. The summed E-state index contributed by atoms with van der Waals surface area (Å²) in [5.74, 6) is -0.779. The Bertz CT molecular complexity index is 1550. The van der Waals surface area contributed by atoms with Gasteiger partial charge in [0.25, 0.3) is 0 Å². The maximum atomic E-state index is 13.4. The van der Waals surface area contributed by atoms with Crippen LogP contribution in [0.3, 0.4) is 0 Å². The first-order valence-corrected chi connectivity index (χ1v) is 13.6. The Labute approximate surface area is 219 Å². The van der Waals surface area contributed by atoms with Crippen molar-refractivity contribution in [2.75, 3.05) is 19.5 Å². The second-order valence-electron chi connectivity index (χ2n) is 8.36. The number of ether oxygens (including phenoxy) is 2. The van der Waals surface area contributed by atoms with Crippen LogP contribution in [0, 0.1) is 6.92 Å². The number of amides is 1. The SMILES string of the molecule is COC(=O)c1cc2cc(NC(=O)[C@H](Cc3ccccc3)NS(=O)(=O)c3cc(C)ccc3OC)ccc2s1. The van der Waals surface area contributed by atoms with Crippen molar-refractivity contribution in [2.24, 2.45) is 0 Å². The van der Waals surface area contributed by atoms with Gasteiger partial charge in [0.05, 0.1) is 14.2 Å². The fourth-order valence-electron chi connectivity index (χ4n) is 3.83. The van der Waals surface area contributed by atoms with E-state index in [9.17, 15) is 18.0 Å². The van der Waals surface area contributed by atoms with E-state index in [1.165, 1.54) is 31.6 Å². The van der Waals surface area contributed by atoms with Crippen molar-refractivity contribution < 1.29 is 27.5 Å². The van der Waals surface area contributed by atoms with Crippen molar-refractivity contribution in [1.82, 2.24) is 4.72 Å². The lowest BCUT2D eigenvalue weighted by Gasteiger charge is -2.20. The number of methoxy groups -OCH3 is 2. The second-order valence-corrected chi connectivity index (χ2v) is 11.1. The van der Waals surface area contributed by atoms with E-state index >= 15 is 0 Å². The molecule has 0 fully saturated rings. The van der Waals surface area contributed by atoms with E-state index in [0.29, 0.717) is 10.6 Å². The molecule has 1 aromatic heterocycles. The van der Waals surface area contributed by atoms with Gasteiger partial charge >= 0.3 is 5.97 Å². The van der Waals surface area contributed by atoms with Crippen LogP contribution >= 0.6 is 11.3 Å². The minimum Gasteiger partial charge on any atom is -0.495 e. The van der Waals surface area contributed by atoms with Crippen LogP contribution in [0.25, 0.3) is 10.1 Å². The van der Waals surface area contributed by atoms with Gasteiger partial charge in [-0.2, -0.15) is 4.72 Å². The molecule has 4 aromatic rings. The number of anilines is 1. The van der Waals surface area contributed by atoms with Gasteiger partial charge in [-0.25, -0.2) is 13.2 Å². The van der Waals surface area contributed by atoms with Gasteiger partial charge in [-0.05, 0) is 66.3 Å². The molecule has 3 aromatic carbocycles. The normalized spacial score (nSPS) is 12.2. The second kappa shape index (κ2) is 11.1. The lowest BCUT2D eigenvalue weighted by atomic mass is 10.1. The third-order valence-electron chi connectivity index (χ3n) is 5.68. The highest BCUT2D eigenvalue weighted by Gasteiger charge is 2.28. The number of rotatable bonds is 9. The van der Waals surface area contributed by atoms with E-state index in [1.54, 1.807) is 43.3 Å². The fourth-order valence-corrected chi connectivity index (χ4v) is 6.24. The van der Waals surface area contributed by atoms with Crippen molar-refractivity contribution in [1.29, 1.82) is 0 Å². The van der Waals surface area contributed by atoms with Gasteiger partial charge in [-0.1, -0.05) is 36.4 Å². The van der Waals surface area contributed by atoms with Crippen molar-refractivity contribution in [2.45, 2.75) is 24.3 Å². The highest BCUT2D eigenvalue weighted by Crippen LogP contribution is 2.29. The number of aryl methyl sites for hydroxylation is 1. The van der Waals surface area contributed by atoms with E-state index in [2.05, 4.69) is 10.0 Å². The number of hydrogen-bond donors (Lipinski definition) is 2. The van der Waals surface area contributed by atoms with Crippen LogP contribution in [-0.2, 0) is 26.0 Å². The van der Waals surface area contributed by atoms with Gasteiger partial charge in [-0.3, -0.25) is 4.79 Å². The molecule has 0 aliphatic rings. The van der Waals surface area contributed by atoms with E-state index < -0.39 is 27.9 Å². The van der Waals surface area contributed by atoms with Gasteiger partial charge in [0, 0.05) is 10.4 Å². The molecule has 0 unspecified atom stereocenters. The average Bonchev–Trinajstić information content (AvgIpc) is 3.32. The first kappa shape index (κ1) is 26.3. The molecule has 0 spiro atoms. The summed E-state index contributed by atoms with van der Waals surface area (Å²) in [6.07, 6.45) is 0.132. The van der Waals surface area contributed by atoms with Crippen LogP contribution in [0.2, 0.25) is 0 Å². The number of fused-ring (bicyclic) bond motifs is 1. The van der Waals surface area contributed by atoms with Crippen molar-refractivity contribution in [3.8, 4) is 5.75 Å². The average molecular weight is 539 g/mol. The standard InChI is InChI=1S/C27H26N2O6S2/c1-17-9-11-22(34-2)25(13-17)37(32,33)29-21(14-18-7-5-4-6-8-18)26(30)28-20-10-12-23-19(15-20)16-24(36-23)27(31)35-3/h4-13,15-16,21,29H,14H2,1-3H3,(H,28,30)/t21-/m0/s1. The molecule has 10 heteroatoms. The first-order chi connectivity index (χ1) is 17.7. The summed E-state index contributed by atoms with van der Waals surface area (Å²) in [7, 11) is -1.40. The van der Waals surface area contributed by atoms with Crippen molar-refractivity contribution in [3.05, 3.63) is 88.8 Å². The molecule has 0 saturated heterocycles. The predicted octanol–water partition coefficient (Wildman–Crippen LogP) is 4.53. The third-order valence-corrected chi connectivity index (χ3v) is 8.26. The Balaban J connectivity index is 1.63. The number of sulfonamides is 1. The maximum Gasteiger partial charge on any atom is 0.348 e. The van der Waals surface area contributed by atoms with Crippen molar-refractivity contribution in [3.63, 3.8) is 0 Å². The number of hydrogen-bond acceptors (Lipinski definition) is 7. The van der Waals surface area contributed by atoms with Crippen LogP contribution in [0.5, 0.6) is 5.75 Å². The summed E-state index contributed by atoms with van der Waals surface area (Å²) in [4.78, 5) is 25.7. The first-order valence-electron chi connectivity index (χ1n) is 11.3. The quantitative estimate of drug-likeness (QED) is 0.303. The Morgan fingerprint density at radius 2 is 1.73 bits per heavy atom. The third kappa shape index (κ3) is 6.16. The molecule has 192 valence electrons. The molecule has 2 N–H and O–H groups in total. The molecular weight excluding hydrogens is 512 g/mol. The molecule has 1 heterocycles. The highest BCUT2D eigenvalue weighted by atomic mass is 32.2. The van der Waals surface area contributed by atoms with Gasteiger partial charge < -0.3 is 14.8 Å². The number of thiophene rings is 1. The maximum absolute atomic E-state index is 13.4. The molecule has 0 aliphatic heterocycles. The molecule has 0 aliphatic carbocycles. The summed E-state index contributed by atoms with van der Waals surface area (Å²) >= 11 is 1.28. The number of nitrogens with one attached hydrogen (secondary N) is 2. The molecule has 0 radical (unpaired) electrons. The summed E-state index contributed by atoms with van der Waals surface area (Å²) in [6.45, 7) is 1.78. The van der Waals surface area contributed by atoms with E-state index in [4.69, 9.17) is 9.47 Å². The molecule has 8 nitrogen and oxygen atoms in total. The summed E-state index contributed by atoms with van der Waals surface area (Å²) in [6, 6.07) is 19.8. The highest BCUT2D eigenvalue weighted by molar-refractivity contribution is 7.89. The van der Waals surface area contributed by atoms with Crippen LogP contribution in [0.1, 0.15) is 20.8 Å². The van der Waals surface area contributed by atoms with Gasteiger partial charge in [0.15, 0.2) is 0 Å². The van der Waals surface area contributed by atoms with Crippen LogP contribution in [-0.4, -0.2) is 40.6 Å². The fraction of sp³-hybridized carbons (Fsp3) is 0.185. The number of carbonyl (C=O) groups excluding carboxylic acids is 2. The topological polar surface area (TPSA) is 111 Å². The van der Waals surface area contributed by atoms with Crippen LogP contribution in [0.4, 0.5) is 5.69 Å². The van der Waals surface area contributed by atoms with E-state index in [-0.39, 0.29) is 17.1 Å². The molecular formula is C27H26N2O6S2. The van der Waals surface area contributed by atoms with E-state index in [0.717, 1.165) is 21.2 Å². The lowest BCUT2D eigenvalue weighted by molar-refractivity contribution is -0.117. The lowest BCUT2D eigenvalue weighted by Crippen LogP contribution is -2.45. The van der Waals surface area contributed by atoms with E-state index in [1.807, 2.05) is 30.3 Å². The van der Waals surface area contributed by atoms with Crippen LogP contribution in [0.15, 0.2) is 77.7 Å². The van der Waals surface area contributed by atoms with Crippen LogP contribution < -0.4 is 14.8 Å². The molecule has 1 amide bonds. The molecule has 1 atom stereocenters. The Morgan fingerprint density at radius 1 is 0.973 bits per heavy atom. The number of esters is 1. The molecule has 37 heavy (non-hydrogen) atoms. The van der Waals surface area contributed by atoms with Gasteiger partial charge in [0.2, 0.25) is 15.9 Å². The predicted molar refractivity (Wildman–Crippen MR) is 144 cm³/mol. The minimum absolute atomic E-state index is 0.0455.